The maximum absolute atomic E-state index is 11.8. The van der Waals surface area contributed by atoms with Crippen LogP contribution in [0.1, 0.15) is 37.0 Å². The molecule has 96 valence electrons. The summed E-state index contributed by atoms with van der Waals surface area (Å²) in [5.74, 6) is 0.418. The lowest BCUT2D eigenvalue weighted by atomic mass is 9.92. The van der Waals surface area contributed by atoms with Crippen LogP contribution >= 0.6 is 0 Å². The van der Waals surface area contributed by atoms with Gasteiger partial charge < -0.3 is 11.1 Å². The van der Waals surface area contributed by atoms with E-state index in [1.165, 1.54) is 6.07 Å². The molecule has 0 aliphatic carbocycles. The molecule has 18 heavy (non-hydrogen) atoms. The van der Waals surface area contributed by atoms with Crippen molar-refractivity contribution in [1.29, 1.82) is 0 Å². The number of carbonyl (C=O) groups is 1. The first-order valence-electron chi connectivity index (χ1n) is 5.54. The van der Waals surface area contributed by atoms with Crippen molar-refractivity contribution < 1.29 is 4.79 Å². The lowest BCUT2D eigenvalue weighted by molar-refractivity contribution is 0.102. The number of rotatable bonds is 2. The predicted molar refractivity (Wildman–Crippen MR) is 68.2 cm³/mol. The molecular weight excluding hydrogens is 232 g/mol. The van der Waals surface area contributed by atoms with Gasteiger partial charge in [-0.2, -0.15) is 10.2 Å². The number of nitrogens with zero attached hydrogens (tertiary/aromatic N) is 2. The van der Waals surface area contributed by atoms with Crippen molar-refractivity contribution in [2.45, 2.75) is 26.2 Å². The Morgan fingerprint density at radius 3 is 2.50 bits per heavy atom. The summed E-state index contributed by atoms with van der Waals surface area (Å²) < 4.78 is 0. The standard InChI is InChI=1S/C11H16N6O/c1-11(2,3)7-5-9(17-15-7)13-10(18)6-4-8(12)16-14-6/h4-5H,1-3H3,(H3,12,14,16)(H2,13,15,17,18). The van der Waals surface area contributed by atoms with Gasteiger partial charge in [-0.1, -0.05) is 20.8 Å². The van der Waals surface area contributed by atoms with Crippen LogP contribution in [0.4, 0.5) is 11.6 Å². The maximum atomic E-state index is 11.8. The van der Waals surface area contributed by atoms with E-state index in [1.807, 2.05) is 0 Å². The molecule has 5 N–H and O–H groups in total. The minimum atomic E-state index is -0.328. The monoisotopic (exact) mass is 248 g/mol. The van der Waals surface area contributed by atoms with Crippen molar-refractivity contribution in [3.63, 3.8) is 0 Å². The molecule has 0 radical (unpaired) electrons. The third-order valence-electron chi connectivity index (χ3n) is 2.47. The van der Waals surface area contributed by atoms with Crippen LogP contribution < -0.4 is 11.1 Å². The molecule has 0 saturated heterocycles. The van der Waals surface area contributed by atoms with Gasteiger partial charge in [0, 0.05) is 23.2 Å². The number of carbonyl (C=O) groups excluding carboxylic acids is 1. The Hall–Kier alpha value is -2.31. The van der Waals surface area contributed by atoms with Gasteiger partial charge in [0.15, 0.2) is 5.82 Å². The molecule has 0 fully saturated rings. The maximum Gasteiger partial charge on any atom is 0.274 e. The topological polar surface area (TPSA) is 112 Å². The molecule has 2 heterocycles. The van der Waals surface area contributed by atoms with E-state index in [0.29, 0.717) is 11.5 Å². The lowest BCUT2D eigenvalue weighted by Crippen LogP contribution is -2.13. The number of aromatic nitrogens is 4. The SMILES string of the molecule is CC(C)(C)c1cc(NC(=O)c2cc(N)n[nH]2)n[nH]1. The summed E-state index contributed by atoms with van der Waals surface area (Å²) in [6, 6.07) is 3.27. The largest absolute Gasteiger partial charge is 0.382 e. The fourth-order valence-electron chi connectivity index (χ4n) is 1.41. The Morgan fingerprint density at radius 2 is 2.00 bits per heavy atom. The van der Waals surface area contributed by atoms with E-state index in [4.69, 9.17) is 5.73 Å². The van der Waals surface area contributed by atoms with Crippen molar-refractivity contribution in [3.05, 3.63) is 23.5 Å². The van der Waals surface area contributed by atoms with E-state index in [0.717, 1.165) is 5.69 Å². The number of aromatic amines is 2. The average Bonchev–Trinajstić information content (AvgIpc) is 2.85. The Labute approximate surface area is 104 Å². The van der Waals surface area contributed by atoms with Crippen molar-refractivity contribution in [2.24, 2.45) is 0 Å². The Morgan fingerprint density at radius 1 is 1.28 bits per heavy atom. The third-order valence-corrected chi connectivity index (χ3v) is 2.47. The first-order valence-corrected chi connectivity index (χ1v) is 5.54. The molecule has 0 spiro atoms. The van der Waals surface area contributed by atoms with E-state index in [1.54, 1.807) is 6.07 Å². The van der Waals surface area contributed by atoms with E-state index in [-0.39, 0.29) is 17.1 Å². The predicted octanol–water partition coefficient (Wildman–Crippen LogP) is 1.26. The highest BCUT2D eigenvalue weighted by Crippen LogP contribution is 2.22. The normalized spacial score (nSPS) is 11.5. The number of nitrogen functional groups attached to an aromatic ring is 1. The smallest absolute Gasteiger partial charge is 0.274 e. The number of amides is 1. The first-order chi connectivity index (χ1) is 8.36. The van der Waals surface area contributed by atoms with Gasteiger partial charge in [0.1, 0.15) is 11.5 Å². The zero-order chi connectivity index (χ0) is 13.3. The average molecular weight is 248 g/mol. The quantitative estimate of drug-likeness (QED) is 0.640. The second kappa shape index (κ2) is 4.17. The molecule has 2 aromatic heterocycles. The minimum Gasteiger partial charge on any atom is -0.382 e. The van der Waals surface area contributed by atoms with Crippen molar-refractivity contribution in [3.8, 4) is 0 Å². The van der Waals surface area contributed by atoms with Crippen LogP contribution in [-0.2, 0) is 5.41 Å². The number of anilines is 2. The zero-order valence-electron chi connectivity index (χ0n) is 10.5. The molecule has 7 heteroatoms. The van der Waals surface area contributed by atoms with Crippen LogP contribution in [0, 0.1) is 0 Å². The fraction of sp³-hybridized carbons (Fsp3) is 0.364. The number of nitrogens with one attached hydrogen (secondary N) is 3. The Balaban J connectivity index is 2.10. The van der Waals surface area contributed by atoms with Gasteiger partial charge in [-0.3, -0.25) is 15.0 Å². The van der Waals surface area contributed by atoms with Crippen LogP contribution in [0.25, 0.3) is 0 Å². The number of hydrogen-bond acceptors (Lipinski definition) is 4. The van der Waals surface area contributed by atoms with Gasteiger partial charge in [-0.05, 0) is 0 Å². The molecule has 1 amide bonds. The van der Waals surface area contributed by atoms with Crippen LogP contribution in [0.3, 0.4) is 0 Å². The van der Waals surface area contributed by atoms with E-state index in [2.05, 4.69) is 46.5 Å². The first kappa shape index (κ1) is 12.2. The third kappa shape index (κ3) is 2.50. The van der Waals surface area contributed by atoms with Crippen LogP contribution in [0.2, 0.25) is 0 Å². The van der Waals surface area contributed by atoms with Gasteiger partial charge in [0.05, 0.1) is 0 Å². The highest BCUT2D eigenvalue weighted by molar-refractivity contribution is 6.02. The lowest BCUT2D eigenvalue weighted by Gasteiger charge is -2.14. The summed E-state index contributed by atoms with van der Waals surface area (Å²) in [5.41, 5.74) is 6.62. The van der Waals surface area contributed by atoms with Crippen LogP contribution in [0.15, 0.2) is 12.1 Å². The van der Waals surface area contributed by atoms with E-state index >= 15 is 0 Å². The molecule has 0 bridgehead atoms. The molecular formula is C11H16N6O. The van der Waals surface area contributed by atoms with Crippen LogP contribution in [0.5, 0.6) is 0 Å². The molecule has 7 nitrogen and oxygen atoms in total. The summed E-state index contributed by atoms with van der Waals surface area (Å²) in [5, 5.41) is 15.8. The van der Waals surface area contributed by atoms with Gasteiger partial charge in [0.25, 0.3) is 5.91 Å². The fourth-order valence-corrected chi connectivity index (χ4v) is 1.41. The number of nitrogens with two attached hydrogens (primary N) is 1. The summed E-state index contributed by atoms with van der Waals surface area (Å²) in [7, 11) is 0. The summed E-state index contributed by atoms with van der Waals surface area (Å²) in [4.78, 5) is 11.8. The summed E-state index contributed by atoms with van der Waals surface area (Å²) in [6.45, 7) is 6.17. The van der Waals surface area contributed by atoms with Crippen molar-refractivity contribution in [2.75, 3.05) is 11.1 Å². The van der Waals surface area contributed by atoms with Crippen LogP contribution in [-0.4, -0.2) is 26.3 Å². The molecule has 0 aliphatic rings. The van der Waals surface area contributed by atoms with Crippen molar-refractivity contribution >= 4 is 17.5 Å². The van der Waals surface area contributed by atoms with Gasteiger partial charge in [0.2, 0.25) is 0 Å². The molecule has 0 aromatic carbocycles. The second-order valence-electron chi connectivity index (χ2n) is 5.08. The second-order valence-corrected chi connectivity index (χ2v) is 5.08. The number of H-pyrrole nitrogens is 2. The Kier molecular flexibility index (Phi) is 2.82. The molecule has 0 aliphatic heterocycles. The van der Waals surface area contributed by atoms with Gasteiger partial charge in [-0.25, -0.2) is 0 Å². The number of hydrogen-bond donors (Lipinski definition) is 4. The van der Waals surface area contributed by atoms with Gasteiger partial charge in [-0.15, -0.1) is 0 Å². The highest BCUT2D eigenvalue weighted by Gasteiger charge is 2.18. The van der Waals surface area contributed by atoms with Gasteiger partial charge >= 0.3 is 0 Å². The molecule has 0 atom stereocenters. The molecule has 2 aromatic rings. The highest BCUT2D eigenvalue weighted by atomic mass is 16.2. The minimum absolute atomic E-state index is 0.0472. The summed E-state index contributed by atoms with van der Waals surface area (Å²) >= 11 is 0. The van der Waals surface area contributed by atoms with E-state index in [9.17, 15) is 4.79 Å². The molecule has 0 unspecified atom stereocenters. The Bertz CT molecular complexity index is 562. The molecule has 0 saturated carbocycles. The summed E-state index contributed by atoms with van der Waals surface area (Å²) in [6.07, 6.45) is 0. The van der Waals surface area contributed by atoms with E-state index < -0.39 is 0 Å². The molecule has 2 rings (SSSR count). The van der Waals surface area contributed by atoms with Crippen molar-refractivity contribution in [1.82, 2.24) is 20.4 Å². The zero-order valence-corrected chi connectivity index (χ0v) is 10.5.